The lowest BCUT2D eigenvalue weighted by Crippen LogP contribution is -2.59. The first-order valence-electron chi connectivity index (χ1n) is 6.09. The Kier molecular flexibility index (Phi) is 4.87. The van der Waals surface area contributed by atoms with E-state index in [2.05, 4.69) is 0 Å². The van der Waals surface area contributed by atoms with Crippen LogP contribution in [-0.4, -0.2) is 57.7 Å². The van der Waals surface area contributed by atoms with E-state index in [-0.39, 0.29) is 6.61 Å². The molecule has 6 nitrogen and oxygen atoms in total. The molecule has 106 valence electrons. The molecular weight excluding hydrogens is 252 g/mol. The molecule has 2 rings (SSSR count). The van der Waals surface area contributed by atoms with E-state index in [9.17, 15) is 15.3 Å². The van der Waals surface area contributed by atoms with Crippen molar-refractivity contribution in [2.75, 3.05) is 6.61 Å². The molecule has 1 aliphatic heterocycles. The van der Waals surface area contributed by atoms with Gasteiger partial charge in [0.05, 0.1) is 13.2 Å². The summed E-state index contributed by atoms with van der Waals surface area (Å²) in [5, 5.41) is 38.0. The molecule has 0 bridgehead atoms. The van der Waals surface area contributed by atoms with Gasteiger partial charge in [0.25, 0.3) is 0 Å². The molecule has 6 heteroatoms. The highest BCUT2D eigenvalue weighted by atomic mass is 16.7. The van der Waals surface area contributed by atoms with Crippen LogP contribution in [0.25, 0.3) is 0 Å². The molecule has 0 radical (unpaired) electrons. The van der Waals surface area contributed by atoms with E-state index in [1.54, 1.807) is 0 Å². The van der Waals surface area contributed by atoms with Gasteiger partial charge < -0.3 is 29.9 Å². The second-order valence-corrected chi connectivity index (χ2v) is 4.49. The number of benzene rings is 1. The topological polar surface area (TPSA) is 99.4 Å². The molecule has 1 fully saturated rings. The number of hydrogen-bond acceptors (Lipinski definition) is 6. The first-order valence-corrected chi connectivity index (χ1v) is 6.09. The predicted molar refractivity (Wildman–Crippen MR) is 65.0 cm³/mol. The SMILES string of the molecule is OC[C@H]1O[C@@H](OCc2ccccc2)[C@H](O)[C@H](O)[C@@H]1O. The van der Waals surface area contributed by atoms with Gasteiger partial charge in [-0.2, -0.15) is 0 Å². The van der Waals surface area contributed by atoms with Crippen molar-refractivity contribution in [1.82, 2.24) is 0 Å². The largest absolute Gasteiger partial charge is 0.394 e. The highest BCUT2D eigenvalue weighted by Crippen LogP contribution is 2.22. The zero-order valence-corrected chi connectivity index (χ0v) is 10.3. The average molecular weight is 270 g/mol. The highest BCUT2D eigenvalue weighted by molar-refractivity contribution is 5.13. The fourth-order valence-corrected chi connectivity index (χ4v) is 1.96. The van der Waals surface area contributed by atoms with E-state index >= 15 is 0 Å². The summed E-state index contributed by atoms with van der Waals surface area (Å²) in [7, 11) is 0. The molecule has 5 atom stereocenters. The van der Waals surface area contributed by atoms with Gasteiger partial charge in [-0.15, -0.1) is 0 Å². The van der Waals surface area contributed by atoms with E-state index in [0.717, 1.165) is 5.56 Å². The summed E-state index contributed by atoms with van der Waals surface area (Å²) < 4.78 is 10.6. The number of aliphatic hydroxyl groups excluding tert-OH is 4. The molecule has 1 aromatic rings. The maximum Gasteiger partial charge on any atom is 0.187 e. The van der Waals surface area contributed by atoms with Crippen LogP contribution in [0.1, 0.15) is 5.56 Å². The van der Waals surface area contributed by atoms with Crippen LogP contribution in [0.15, 0.2) is 30.3 Å². The molecule has 1 aliphatic rings. The number of aliphatic hydroxyl groups is 4. The summed E-state index contributed by atoms with van der Waals surface area (Å²) in [4.78, 5) is 0. The minimum Gasteiger partial charge on any atom is -0.394 e. The van der Waals surface area contributed by atoms with E-state index in [1.165, 1.54) is 0 Å². The zero-order chi connectivity index (χ0) is 13.8. The Hall–Kier alpha value is -1.02. The van der Waals surface area contributed by atoms with Crippen LogP contribution in [0.4, 0.5) is 0 Å². The molecule has 4 N–H and O–H groups in total. The Bertz CT molecular complexity index is 382. The Morgan fingerprint density at radius 3 is 2.32 bits per heavy atom. The summed E-state index contributed by atoms with van der Waals surface area (Å²) in [6.45, 7) is -0.264. The molecule has 1 heterocycles. The van der Waals surface area contributed by atoms with Crippen LogP contribution >= 0.6 is 0 Å². The van der Waals surface area contributed by atoms with Crippen LogP contribution in [0.5, 0.6) is 0 Å². The molecule has 0 unspecified atom stereocenters. The van der Waals surface area contributed by atoms with E-state index in [4.69, 9.17) is 14.6 Å². The lowest BCUT2D eigenvalue weighted by atomic mass is 9.99. The fraction of sp³-hybridized carbons (Fsp3) is 0.538. The van der Waals surface area contributed by atoms with Crippen molar-refractivity contribution in [2.45, 2.75) is 37.3 Å². The van der Waals surface area contributed by atoms with Gasteiger partial charge in [0, 0.05) is 0 Å². The van der Waals surface area contributed by atoms with Crippen molar-refractivity contribution in [1.29, 1.82) is 0 Å². The summed E-state index contributed by atoms with van der Waals surface area (Å²) in [5.41, 5.74) is 0.888. The summed E-state index contributed by atoms with van der Waals surface area (Å²) in [6.07, 6.45) is -6.17. The summed E-state index contributed by atoms with van der Waals surface area (Å²) in [5.74, 6) is 0. The van der Waals surface area contributed by atoms with E-state index < -0.39 is 37.3 Å². The normalized spacial score (nSPS) is 35.3. The number of rotatable bonds is 4. The molecule has 0 amide bonds. The minimum absolute atomic E-state index is 0.198. The smallest absolute Gasteiger partial charge is 0.187 e. The first kappa shape index (κ1) is 14.4. The van der Waals surface area contributed by atoms with Crippen LogP contribution in [0.3, 0.4) is 0 Å². The molecule has 0 aromatic heterocycles. The van der Waals surface area contributed by atoms with Gasteiger partial charge in [0.15, 0.2) is 6.29 Å². The third-order valence-corrected chi connectivity index (χ3v) is 3.11. The lowest BCUT2D eigenvalue weighted by Gasteiger charge is -2.39. The summed E-state index contributed by atoms with van der Waals surface area (Å²) in [6, 6.07) is 9.28. The quantitative estimate of drug-likeness (QED) is 0.560. The monoisotopic (exact) mass is 270 g/mol. The maximum atomic E-state index is 9.76. The Labute approximate surface area is 110 Å². The predicted octanol–water partition coefficient (Wildman–Crippen LogP) is -0.997. The van der Waals surface area contributed by atoms with Crippen LogP contribution in [0.2, 0.25) is 0 Å². The average Bonchev–Trinajstić information content (AvgIpc) is 2.45. The van der Waals surface area contributed by atoms with Crippen LogP contribution < -0.4 is 0 Å². The van der Waals surface area contributed by atoms with Gasteiger partial charge >= 0.3 is 0 Å². The molecule has 0 aliphatic carbocycles. The van der Waals surface area contributed by atoms with Gasteiger partial charge in [0.1, 0.15) is 24.4 Å². The zero-order valence-electron chi connectivity index (χ0n) is 10.3. The van der Waals surface area contributed by atoms with E-state index in [0.29, 0.717) is 0 Å². The Morgan fingerprint density at radius 2 is 1.68 bits per heavy atom. The van der Waals surface area contributed by atoms with Gasteiger partial charge in [-0.3, -0.25) is 0 Å². The highest BCUT2D eigenvalue weighted by Gasteiger charge is 2.43. The third kappa shape index (κ3) is 3.30. The first-order chi connectivity index (χ1) is 9.13. The van der Waals surface area contributed by atoms with Crippen LogP contribution in [0, 0.1) is 0 Å². The lowest BCUT2D eigenvalue weighted by molar-refractivity contribution is -0.304. The fourth-order valence-electron chi connectivity index (χ4n) is 1.96. The van der Waals surface area contributed by atoms with E-state index in [1.807, 2.05) is 30.3 Å². The van der Waals surface area contributed by atoms with Crippen molar-refractivity contribution >= 4 is 0 Å². The molecule has 19 heavy (non-hydrogen) atoms. The number of hydrogen-bond donors (Lipinski definition) is 4. The molecule has 0 spiro atoms. The van der Waals surface area contributed by atoms with Crippen LogP contribution in [-0.2, 0) is 16.1 Å². The van der Waals surface area contributed by atoms with Gasteiger partial charge in [-0.1, -0.05) is 30.3 Å². The standard InChI is InChI=1S/C13H18O6/c14-6-9-10(15)11(16)12(17)13(19-9)18-7-8-4-2-1-3-5-8/h1-5,9-17H,6-7H2/t9-,10-,11-,12-,13-/m1/s1. The molecule has 0 saturated carbocycles. The van der Waals surface area contributed by atoms with Crippen molar-refractivity contribution < 1.29 is 29.9 Å². The van der Waals surface area contributed by atoms with Crippen molar-refractivity contribution in [3.05, 3.63) is 35.9 Å². The minimum atomic E-state index is -1.41. The van der Waals surface area contributed by atoms with Crippen molar-refractivity contribution in [3.8, 4) is 0 Å². The van der Waals surface area contributed by atoms with Gasteiger partial charge in [-0.05, 0) is 5.56 Å². The second-order valence-electron chi connectivity index (χ2n) is 4.49. The second kappa shape index (κ2) is 6.42. The Balaban J connectivity index is 1.95. The molecule has 1 aromatic carbocycles. The van der Waals surface area contributed by atoms with Gasteiger partial charge in [0.2, 0.25) is 0 Å². The van der Waals surface area contributed by atoms with Gasteiger partial charge in [-0.25, -0.2) is 0 Å². The number of ether oxygens (including phenoxy) is 2. The molecule has 1 saturated heterocycles. The van der Waals surface area contributed by atoms with Crippen molar-refractivity contribution in [2.24, 2.45) is 0 Å². The maximum absolute atomic E-state index is 9.76. The summed E-state index contributed by atoms with van der Waals surface area (Å²) >= 11 is 0. The van der Waals surface area contributed by atoms with Crippen molar-refractivity contribution in [3.63, 3.8) is 0 Å². The Morgan fingerprint density at radius 1 is 1.00 bits per heavy atom. The third-order valence-electron chi connectivity index (χ3n) is 3.11. The molecular formula is C13H18O6.